The Hall–Kier alpha value is -0.0800. The summed E-state index contributed by atoms with van der Waals surface area (Å²) in [7, 11) is 0. The fraction of sp³-hybridized carbons (Fsp3) is 1.00. The molecule has 2 nitrogen and oxygen atoms in total. The second kappa shape index (κ2) is 1.95. The molecule has 2 aliphatic rings. The molecule has 1 heterocycles. The van der Waals surface area contributed by atoms with Crippen LogP contribution >= 0.6 is 0 Å². The van der Waals surface area contributed by atoms with Crippen LogP contribution in [0.5, 0.6) is 0 Å². The lowest BCUT2D eigenvalue weighted by molar-refractivity contribution is 0.00181. The van der Waals surface area contributed by atoms with Gasteiger partial charge in [-0.25, -0.2) is 0 Å². The maximum atomic E-state index is 10.0. The molecule has 0 aromatic carbocycles. The molecule has 1 saturated heterocycles. The molecule has 2 heteroatoms. The third-order valence-corrected chi connectivity index (χ3v) is 3.31. The normalized spacial score (nSPS) is 53.4. The number of hydrogen-bond acceptors (Lipinski definition) is 2. The first kappa shape index (κ1) is 6.62. The molecule has 2 N–H and O–H groups in total. The van der Waals surface area contributed by atoms with E-state index in [0.717, 1.165) is 13.1 Å². The Morgan fingerprint density at radius 1 is 1.50 bits per heavy atom. The minimum Gasteiger partial charge on any atom is -0.388 e. The number of nitrogens with one attached hydrogen (secondary N) is 1. The van der Waals surface area contributed by atoms with Crippen molar-refractivity contribution in [3.05, 3.63) is 0 Å². The average Bonchev–Trinajstić information content (AvgIpc) is 2.36. The third-order valence-electron chi connectivity index (χ3n) is 3.31. The minimum atomic E-state index is -0.347. The molecule has 2 rings (SSSR count). The molecule has 0 radical (unpaired) electrons. The van der Waals surface area contributed by atoms with Gasteiger partial charge >= 0.3 is 0 Å². The Bertz CT molecular complexity index is 148. The van der Waals surface area contributed by atoms with Crippen LogP contribution < -0.4 is 5.32 Å². The van der Waals surface area contributed by atoms with Crippen molar-refractivity contribution >= 4 is 0 Å². The molecule has 0 aromatic rings. The fourth-order valence-electron chi connectivity index (χ4n) is 2.40. The van der Waals surface area contributed by atoms with E-state index >= 15 is 0 Å². The van der Waals surface area contributed by atoms with Crippen LogP contribution in [0, 0.1) is 11.8 Å². The van der Waals surface area contributed by atoms with Gasteiger partial charge in [-0.05, 0) is 18.8 Å². The van der Waals surface area contributed by atoms with Crippen LogP contribution in [0.25, 0.3) is 0 Å². The highest BCUT2D eigenvalue weighted by Gasteiger charge is 2.49. The fourth-order valence-corrected chi connectivity index (χ4v) is 2.40. The highest BCUT2D eigenvalue weighted by atomic mass is 16.3. The molecule has 1 unspecified atom stereocenters. The maximum absolute atomic E-state index is 10.0. The zero-order chi connectivity index (χ0) is 7.19. The average molecular weight is 141 g/mol. The van der Waals surface area contributed by atoms with Crippen molar-refractivity contribution < 1.29 is 5.11 Å². The molecule has 3 atom stereocenters. The number of rotatable bonds is 0. The highest BCUT2D eigenvalue weighted by Crippen LogP contribution is 2.42. The van der Waals surface area contributed by atoms with E-state index in [2.05, 4.69) is 12.2 Å². The van der Waals surface area contributed by atoms with Gasteiger partial charge < -0.3 is 10.4 Å². The van der Waals surface area contributed by atoms with Gasteiger partial charge in [0.05, 0.1) is 5.60 Å². The summed E-state index contributed by atoms with van der Waals surface area (Å²) in [5.74, 6) is 1.05. The Morgan fingerprint density at radius 2 is 2.30 bits per heavy atom. The molecular formula is C8H15NO. The monoisotopic (exact) mass is 141 g/mol. The van der Waals surface area contributed by atoms with E-state index in [0.29, 0.717) is 11.8 Å². The van der Waals surface area contributed by atoms with E-state index < -0.39 is 0 Å². The number of fused-ring (bicyclic) bond motifs is 1. The SMILES string of the molecule is C[C@H]1CC[C@@H]2CNCC21O. The van der Waals surface area contributed by atoms with Gasteiger partial charge in [0, 0.05) is 19.0 Å². The summed E-state index contributed by atoms with van der Waals surface area (Å²) in [6.07, 6.45) is 2.42. The molecule has 58 valence electrons. The topological polar surface area (TPSA) is 32.3 Å². The van der Waals surface area contributed by atoms with Gasteiger partial charge in [0.1, 0.15) is 0 Å². The van der Waals surface area contributed by atoms with Crippen molar-refractivity contribution in [1.29, 1.82) is 0 Å². The van der Waals surface area contributed by atoms with Crippen molar-refractivity contribution in [2.24, 2.45) is 11.8 Å². The number of β-amino-alcohol motifs (C(OH)–C–C–N with tert-alkyl or cyclic N) is 1. The lowest BCUT2D eigenvalue weighted by Crippen LogP contribution is -2.38. The highest BCUT2D eigenvalue weighted by molar-refractivity contribution is 5.03. The van der Waals surface area contributed by atoms with Gasteiger partial charge in [-0.1, -0.05) is 6.92 Å². The van der Waals surface area contributed by atoms with Gasteiger partial charge in [0.25, 0.3) is 0 Å². The van der Waals surface area contributed by atoms with Gasteiger partial charge in [-0.3, -0.25) is 0 Å². The Balaban J connectivity index is 2.21. The van der Waals surface area contributed by atoms with Gasteiger partial charge in [-0.2, -0.15) is 0 Å². The summed E-state index contributed by atoms with van der Waals surface area (Å²) < 4.78 is 0. The molecule has 10 heavy (non-hydrogen) atoms. The van der Waals surface area contributed by atoms with Gasteiger partial charge in [0.2, 0.25) is 0 Å². The molecule has 0 aromatic heterocycles. The second-order valence-electron chi connectivity index (χ2n) is 3.80. The summed E-state index contributed by atoms with van der Waals surface area (Å²) in [6, 6.07) is 0. The maximum Gasteiger partial charge on any atom is 0.0836 e. The second-order valence-corrected chi connectivity index (χ2v) is 3.80. The summed E-state index contributed by atoms with van der Waals surface area (Å²) >= 11 is 0. The predicted octanol–water partition coefficient (Wildman–Crippen LogP) is 0.367. The molecule has 1 aliphatic heterocycles. The van der Waals surface area contributed by atoms with Crippen LogP contribution in [0.1, 0.15) is 19.8 Å². The van der Waals surface area contributed by atoms with E-state index in [1.807, 2.05) is 0 Å². The number of aliphatic hydroxyl groups is 1. The van der Waals surface area contributed by atoms with Crippen LogP contribution in [-0.2, 0) is 0 Å². The molecule has 2 fully saturated rings. The van der Waals surface area contributed by atoms with Crippen molar-refractivity contribution in [3.8, 4) is 0 Å². The van der Waals surface area contributed by atoms with E-state index in [1.165, 1.54) is 12.8 Å². The van der Waals surface area contributed by atoms with Crippen LogP contribution in [0.3, 0.4) is 0 Å². The summed E-state index contributed by atoms with van der Waals surface area (Å²) in [5, 5.41) is 13.3. The van der Waals surface area contributed by atoms with Crippen molar-refractivity contribution in [2.75, 3.05) is 13.1 Å². The Kier molecular flexibility index (Phi) is 1.29. The molecule has 0 spiro atoms. The Labute approximate surface area is 61.6 Å². The van der Waals surface area contributed by atoms with Crippen LogP contribution in [0.15, 0.2) is 0 Å². The quantitative estimate of drug-likeness (QED) is 0.510. The summed E-state index contributed by atoms with van der Waals surface area (Å²) in [5.41, 5.74) is -0.347. The standard InChI is InChI=1S/C8H15NO/c1-6-2-3-7-4-9-5-8(6,7)10/h6-7,9-10H,2-5H2,1H3/t6-,7+,8?/m0/s1. The zero-order valence-corrected chi connectivity index (χ0v) is 6.43. The predicted molar refractivity (Wildman–Crippen MR) is 39.7 cm³/mol. The lowest BCUT2D eigenvalue weighted by atomic mass is 9.88. The summed E-state index contributed by atoms with van der Waals surface area (Å²) in [6.45, 7) is 4.01. The van der Waals surface area contributed by atoms with Crippen molar-refractivity contribution in [2.45, 2.75) is 25.4 Å². The largest absolute Gasteiger partial charge is 0.388 e. The summed E-state index contributed by atoms with van der Waals surface area (Å²) in [4.78, 5) is 0. The van der Waals surface area contributed by atoms with Crippen molar-refractivity contribution in [3.63, 3.8) is 0 Å². The molecule has 1 saturated carbocycles. The van der Waals surface area contributed by atoms with E-state index in [4.69, 9.17) is 0 Å². The van der Waals surface area contributed by atoms with Crippen LogP contribution in [-0.4, -0.2) is 23.8 Å². The van der Waals surface area contributed by atoms with E-state index in [1.54, 1.807) is 0 Å². The minimum absolute atomic E-state index is 0.347. The Morgan fingerprint density at radius 3 is 3.00 bits per heavy atom. The molecule has 0 bridgehead atoms. The molecule has 0 amide bonds. The van der Waals surface area contributed by atoms with Gasteiger partial charge in [0.15, 0.2) is 0 Å². The first-order valence-electron chi connectivity index (χ1n) is 4.16. The van der Waals surface area contributed by atoms with Crippen LogP contribution in [0.4, 0.5) is 0 Å². The lowest BCUT2D eigenvalue weighted by Gasteiger charge is -2.26. The van der Waals surface area contributed by atoms with Gasteiger partial charge in [-0.15, -0.1) is 0 Å². The van der Waals surface area contributed by atoms with Crippen molar-refractivity contribution in [1.82, 2.24) is 5.32 Å². The first-order valence-corrected chi connectivity index (χ1v) is 4.16. The number of hydrogen-bond donors (Lipinski definition) is 2. The first-order chi connectivity index (χ1) is 4.73. The molecule has 1 aliphatic carbocycles. The van der Waals surface area contributed by atoms with Crippen LogP contribution in [0.2, 0.25) is 0 Å². The molecular weight excluding hydrogens is 126 g/mol. The van der Waals surface area contributed by atoms with E-state index in [9.17, 15) is 5.11 Å². The smallest absolute Gasteiger partial charge is 0.0836 e. The zero-order valence-electron chi connectivity index (χ0n) is 6.43. The van der Waals surface area contributed by atoms with E-state index in [-0.39, 0.29) is 5.60 Å². The third kappa shape index (κ3) is 0.663.